The van der Waals surface area contributed by atoms with Crippen molar-refractivity contribution in [1.29, 1.82) is 0 Å². The van der Waals surface area contributed by atoms with Crippen LogP contribution in [0, 0.1) is 10.5 Å². The van der Waals surface area contributed by atoms with E-state index in [4.69, 9.17) is 11.6 Å². The van der Waals surface area contributed by atoms with Crippen molar-refractivity contribution in [2.24, 2.45) is 0 Å². The molecule has 4 nitrogen and oxygen atoms in total. The standard InChI is InChI=1S/C8H6ClIN4/c1-5-2-7(13-8(9)12-5)14-4-6(10)3-11-14/h2-4H,1H3. The summed E-state index contributed by atoms with van der Waals surface area (Å²) in [5.74, 6) is 0.686. The molecule has 0 saturated carbocycles. The first-order chi connectivity index (χ1) is 6.65. The van der Waals surface area contributed by atoms with Crippen molar-refractivity contribution in [2.45, 2.75) is 6.92 Å². The second-order valence-electron chi connectivity index (χ2n) is 2.74. The largest absolute Gasteiger partial charge is 0.224 e. The first kappa shape index (κ1) is 9.85. The van der Waals surface area contributed by atoms with E-state index in [1.54, 1.807) is 10.9 Å². The van der Waals surface area contributed by atoms with E-state index in [-0.39, 0.29) is 5.28 Å². The van der Waals surface area contributed by atoms with E-state index in [1.807, 2.05) is 19.2 Å². The zero-order valence-electron chi connectivity index (χ0n) is 7.28. The molecule has 0 fully saturated rings. The minimum absolute atomic E-state index is 0.241. The van der Waals surface area contributed by atoms with Crippen LogP contribution >= 0.6 is 34.2 Å². The Bertz CT molecular complexity index is 448. The van der Waals surface area contributed by atoms with Crippen molar-refractivity contribution < 1.29 is 0 Å². The summed E-state index contributed by atoms with van der Waals surface area (Å²) in [5, 5.41) is 4.37. The van der Waals surface area contributed by atoms with Gasteiger partial charge in [-0.3, -0.25) is 0 Å². The lowest BCUT2D eigenvalue weighted by Gasteiger charge is -2.01. The minimum atomic E-state index is 0.241. The molecular formula is C8H6ClIN4. The fourth-order valence-electron chi connectivity index (χ4n) is 1.06. The molecule has 6 heteroatoms. The predicted octanol–water partition coefficient (Wildman–Crippen LogP) is 2.23. The molecular weight excluding hydrogens is 314 g/mol. The van der Waals surface area contributed by atoms with Crippen LogP contribution in [-0.4, -0.2) is 19.7 Å². The Kier molecular flexibility index (Phi) is 2.69. The van der Waals surface area contributed by atoms with Crippen LogP contribution in [-0.2, 0) is 0 Å². The molecule has 0 amide bonds. The van der Waals surface area contributed by atoms with E-state index >= 15 is 0 Å². The van der Waals surface area contributed by atoms with Crippen LogP contribution in [0.3, 0.4) is 0 Å². The Hall–Kier alpha value is -0.690. The lowest BCUT2D eigenvalue weighted by molar-refractivity contribution is 0.835. The summed E-state index contributed by atoms with van der Waals surface area (Å²) >= 11 is 7.93. The quantitative estimate of drug-likeness (QED) is 0.598. The molecule has 14 heavy (non-hydrogen) atoms. The van der Waals surface area contributed by atoms with Gasteiger partial charge in [-0.1, -0.05) is 0 Å². The van der Waals surface area contributed by atoms with Crippen molar-refractivity contribution in [3.05, 3.63) is 33.0 Å². The molecule has 0 aliphatic carbocycles. The van der Waals surface area contributed by atoms with Crippen molar-refractivity contribution in [3.8, 4) is 5.82 Å². The van der Waals surface area contributed by atoms with Gasteiger partial charge in [-0.2, -0.15) is 10.1 Å². The highest BCUT2D eigenvalue weighted by Gasteiger charge is 2.03. The molecule has 0 atom stereocenters. The zero-order valence-corrected chi connectivity index (χ0v) is 10.2. The van der Waals surface area contributed by atoms with E-state index < -0.39 is 0 Å². The van der Waals surface area contributed by atoms with Crippen LogP contribution in [0.4, 0.5) is 0 Å². The van der Waals surface area contributed by atoms with Crippen LogP contribution in [0.2, 0.25) is 5.28 Å². The normalized spacial score (nSPS) is 10.5. The van der Waals surface area contributed by atoms with Crippen LogP contribution in [0.15, 0.2) is 18.5 Å². The van der Waals surface area contributed by atoms with E-state index in [0.29, 0.717) is 5.82 Å². The third kappa shape index (κ3) is 2.03. The molecule has 0 saturated heterocycles. The topological polar surface area (TPSA) is 43.6 Å². The molecule has 2 rings (SSSR count). The number of hydrogen-bond donors (Lipinski definition) is 0. The average molecular weight is 321 g/mol. The number of hydrogen-bond acceptors (Lipinski definition) is 3. The lowest BCUT2D eigenvalue weighted by atomic mass is 10.4. The Balaban J connectivity index is 2.51. The molecule has 2 aromatic rings. The maximum Gasteiger partial charge on any atom is 0.224 e. The summed E-state index contributed by atoms with van der Waals surface area (Å²) in [5.41, 5.74) is 0.825. The van der Waals surface area contributed by atoms with E-state index in [1.165, 1.54) is 0 Å². The number of aromatic nitrogens is 4. The summed E-state index contributed by atoms with van der Waals surface area (Å²) in [6, 6.07) is 1.83. The number of halogens is 2. The van der Waals surface area contributed by atoms with Crippen molar-refractivity contribution in [3.63, 3.8) is 0 Å². The predicted molar refractivity (Wildman–Crippen MR) is 61.6 cm³/mol. The van der Waals surface area contributed by atoms with Crippen LogP contribution < -0.4 is 0 Å². The number of nitrogens with zero attached hydrogens (tertiary/aromatic N) is 4. The summed E-state index contributed by atoms with van der Waals surface area (Å²) < 4.78 is 2.72. The van der Waals surface area contributed by atoms with Gasteiger partial charge in [-0.15, -0.1) is 0 Å². The molecule has 0 bridgehead atoms. The Morgan fingerprint density at radius 3 is 2.79 bits per heavy atom. The highest BCUT2D eigenvalue weighted by Crippen LogP contribution is 2.11. The highest BCUT2D eigenvalue weighted by molar-refractivity contribution is 14.1. The molecule has 0 aromatic carbocycles. The summed E-state index contributed by atoms with van der Waals surface area (Å²) in [7, 11) is 0. The van der Waals surface area contributed by atoms with E-state index in [2.05, 4.69) is 37.7 Å². The van der Waals surface area contributed by atoms with Gasteiger partial charge in [0.25, 0.3) is 0 Å². The second-order valence-corrected chi connectivity index (χ2v) is 4.32. The van der Waals surface area contributed by atoms with Gasteiger partial charge >= 0.3 is 0 Å². The minimum Gasteiger partial charge on any atom is -0.223 e. The Labute approximate surface area is 99.5 Å². The monoisotopic (exact) mass is 320 g/mol. The van der Waals surface area contributed by atoms with Crippen LogP contribution in [0.5, 0.6) is 0 Å². The maximum atomic E-state index is 5.74. The van der Waals surface area contributed by atoms with Gasteiger partial charge in [-0.25, -0.2) is 9.67 Å². The van der Waals surface area contributed by atoms with Crippen molar-refractivity contribution in [1.82, 2.24) is 19.7 Å². The summed E-state index contributed by atoms with van der Waals surface area (Å²) in [6.07, 6.45) is 3.63. The molecule has 0 aliphatic rings. The average Bonchev–Trinajstić information content (AvgIpc) is 2.50. The Morgan fingerprint density at radius 1 is 1.43 bits per heavy atom. The van der Waals surface area contributed by atoms with Gasteiger partial charge in [0.1, 0.15) is 0 Å². The van der Waals surface area contributed by atoms with Crippen LogP contribution in [0.25, 0.3) is 5.82 Å². The molecule has 72 valence electrons. The van der Waals surface area contributed by atoms with Gasteiger partial charge in [0.15, 0.2) is 5.82 Å². The molecule has 0 aliphatic heterocycles. The Morgan fingerprint density at radius 2 is 2.21 bits per heavy atom. The summed E-state index contributed by atoms with van der Waals surface area (Å²) in [4.78, 5) is 8.05. The first-order valence-electron chi connectivity index (χ1n) is 3.87. The van der Waals surface area contributed by atoms with Gasteiger partial charge in [-0.05, 0) is 41.1 Å². The molecule has 0 radical (unpaired) electrons. The molecule has 0 spiro atoms. The second kappa shape index (κ2) is 3.82. The third-order valence-electron chi connectivity index (χ3n) is 1.60. The molecule has 0 N–H and O–H groups in total. The fourth-order valence-corrected chi connectivity index (χ4v) is 1.67. The highest BCUT2D eigenvalue weighted by atomic mass is 127. The van der Waals surface area contributed by atoms with Crippen LogP contribution in [0.1, 0.15) is 5.69 Å². The lowest BCUT2D eigenvalue weighted by Crippen LogP contribution is -2.00. The van der Waals surface area contributed by atoms with Gasteiger partial charge in [0.05, 0.1) is 9.77 Å². The molecule has 0 unspecified atom stereocenters. The van der Waals surface area contributed by atoms with Gasteiger partial charge in [0.2, 0.25) is 5.28 Å². The van der Waals surface area contributed by atoms with Gasteiger partial charge < -0.3 is 0 Å². The SMILES string of the molecule is Cc1cc(-n2cc(I)cn2)nc(Cl)n1. The fraction of sp³-hybridized carbons (Fsp3) is 0.125. The summed E-state index contributed by atoms with van der Waals surface area (Å²) in [6.45, 7) is 1.87. The zero-order chi connectivity index (χ0) is 10.1. The maximum absolute atomic E-state index is 5.74. The van der Waals surface area contributed by atoms with Gasteiger partial charge in [0, 0.05) is 18.0 Å². The number of rotatable bonds is 1. The van der Waals surface area contributed by atoms with E-state index in [0.717, 1.165) is 9.26 Å². The first-order valence-corrected chi connectivity index (χ1v) is 5.32. The third-order valence-corrected chi connectivity index (χ3v) is 2.33. The smallest absolute Gasteiger partial charge is 0.223 e. The number of aryl methyl sites for hydroxylation is 1. The van der Waals surface area contributed by atoms with Crippen molar-refractivity contribution in [2.75, 3.05) is 0 Å². The molecule has 2 aromatic heterocycles. The molecule has 2 heterocycles. The van der Waals surface area contributed by atoms with Crippen molar-refractivity contribution >= 4 is 34.2 Å². The van der Waals surface area contributed by atoms with E-state index in [9.17, 15) is 0 Å².